The number of anilines is 1. The maximum atomic E-state index is 11.8. The molecule has 96 valence electrons. The average Bonchev–Trinajstić information content (AvgIpc) is 2.70. The fraction of sp³-hybridized carbons (Fsp3) is 0.364. The largest absolute Gasteiger partial charge is 0.476 e. The van der Waals surface area contributed by atoms with Crippen molar-refractivity contribution in [3.63, 3.8) is 0 Å². The minimum Gasteiger partial charge on any atom is -0.476 e. The molecule has 1 atom stereocenters. The Labute approximate surface area is 111 Å². The molecule has 0 bridgehead atoms. The minimum absolute atomic E-state index is 0.0912. The Morgan fingerprint density at radius 2 is 2.33 bits per heavy atom. The van der Waals surface area contributed by atoms with Crippen molar-refractivity contribution in [1.82, 2.24) is 4.98 Å². The number of aliphatic hydroxyl groups excluding tert-OH is 1. The number of hydrogen-bond acceptors (Lipinski definition) is 4. The Bertz CT molecular complexity index is 506. The van der Waals surface area contributed by atoms with Crippen LogP contribution in [0.2, 0.25) is 0 Å². The van der Waals surface area contributed by atoms with Gasteiger partial charge in [-0.3, -0.25) is 4.79 Å². The third-order valence-electron chi connectivity index (χ3n) is 2.79. The molecule has 18 heavy (non-hydrogen) atoms. The lowest BCUT2D eigenvalue weighted by Gasteiger charge is -2.18. The van der Waals surface area contributed by atoms with E-state index in [4.69, 9.17) is 10.2 Å². The molecule has 6 nitrogen and oxygen atoms in total. The van der Waals surface area contributed by atoms with Crippen LogP contribution in [0, 0.1) is 5.92 Å². The molecule has 1 unspecified atom stereocenters. The number of halogens is 1. The number of carbonyl (C=O) groups excluding carboxylic acids is 1. The van der Waals surface area contributed by atoms with Crippen LogP contribution in [0.1, 0.15) is 16.9 Å². The number of hydrogen-bond donors (Lipinski definition) is 2. The van der Waals surface area contributed by atoms with Gasteiger partial charge in [0.25, 0.3) is 0 Å². The highest BCUT2D eigenvalue weighted by Crippen LogP contribution is 2.29. The second-order valence-corrected chi connectivity index (χ2v) is 5.00. The van der Waals surface area contributed by atoms with E-state index in [0.29, 0.717) is 11.0 Å². The molecule has 1 aromatic heterocycles. The smallest absolute Gasteiger partial charge is 0.356 e. The summed E-state index contributed by atoms with van der Waals surface area (Å²) in [6, 6.07) is 1.55. The highest BCUT2D eigenvalue weighted by atomic mass is 79.9. The molecule has 2 heterocycles. The van der Waals surface area contributed by atoms with Gasteiger partial charge in [0.15, 0.2) is 5.69 Å². The zero-order chi connectivity index (χ0) is 13.3. The number of carboxylic acid groups (broad SMARTS) is 1. The number of pyridine rings is 1. The average molecular weight is 315 g/mol. The molecular formula is C11H11BrN2O4. The van der Waals surface area contributed by atoms with Crippen LogP contribution in [0.5, 0.6) is 0 Å². The standard InChI is InChI=1S/C11H11BrN2O4/c12-7-2-8(10(11(17)18)13-3-7)14-4-6(5-15)1-9(14)16/h2-3,6,15H,1,4-5H2,(H,17,18). The van der Waals surface area contributed by atoms with Crippen molar-refractivity contribution in [1.29, 1.82) is 0 Å². The van der Waals surface area contributed by atoms with Gasteiger partial charge in [-0.1, -0.05) is 0 Å². The van der Waals surface area contributed by atoms with Gasteiger partial charge in [0.1, 0.15) is 0 Å². The highest BCUT2D eigenvalue weighted by molar-refractivity contribution is 9.10. The van der Waals surface area contributed by atoms with Crippen molar-refractivity contribution in [2.75, 3.05) is 18.1 Å². The molecular weight excluding hydrogens is 304 g/mol. The SMILES string of the molecule is O=C(O)c1ncc(Br)cc1N1CC(CO)CC1=O. The van der Waals surface area contributed by atoms with E-state index in [0.717, 1.165) is 0 Å². The van der Waals surface area contributed by atoms with Crippen LogP contribution >= 0.6 is 15.9 Å². The zero-order valence-corrected chi connectivity index (χ0v) is 10.9. The molecule has 0 spiro atoms. The quantitative estimate of drug-likeness (QED) is 0.864. The van der Waals surface area contributed by atoms with Crippen molar-refractivity contribution in [3.8, 4) is 0 Å². The van der Waals surface area contributed by atoms with Gasteiger partial charge in [-0.05, 0) is 22.0 Å². The molecule has 1 aromatic rings. The van der Waals surface area contributed by atoms with E-state index in [9.17, 15) is 9.59 Å². The van der Waals surface area contributed by atoms with Gasteiger partial charge in [0.2, 0.25) is 5.91 Å². The summed E-state index contributed by atoms with van der Waals surface area (Å²) in [5, 5.41) is 18.1. The van der Waals surface area contributed by atoms with Gasteiger partial charge in [-0.2, -0.15) is 0 Å². The van der Waals surface area contributed by atoms with Crippen molar-refractivity contribution in [2.45, 2.75) is 6.42 Å². The number of carbonyl (C=O) groups is 2. The summed E-state index contributed by atoms with van der Waals surface area (Å²) in [4.78, 5) is 28.1. The van der Waals surface area contributed by atoms with Crippen LogP contribution in [-0.4, -0.2) is 40.2 Å². The van der Waals surface area contributed by atoms with E-state index >= 15 is 0 Å². The van der Waals surface area contributed by atoms with Crippen molar-refractivity contribution in [3.05, 3.63) is 22.4 Å². The summed E-state index contributed by atoms with van der Waals surface area (Å²) >= 11 is 3.20. The summed E-state index contributed by atoms with van der Waals surface area (Å²) in [5.41, 5.74) is 0.1000. The fourth-order valence-electron chi connectivity index (χ4n) is 1.94. The molecule has 0 saturated carbocycles. The molecule has 0 aromatic carbocycles. The monoisotopic (exact) mass is 314 g/mol. The van der Waals surface area contributed by atoms with Crippen LogP contribution in [0.4, 0.5) is 5.69 Å². The summed E-state index contributed by atoms with van der Waals surface area (Å²) in [7, 11) is 0. The molecule has 1 saturated heterocycles. The maximum absolute atomic E-state index is 11.8. The van der Waals surface area contributed by atoms with Gasteiger partial charge in [0.05, 0.1) is 5.69 Å². The predicted octanol–water partition coefficient (Wildman–Crippen LogP) is 0.887. The van der Waals surface area contributed by atoms with E-state index in [-0.39, 0.29) is 36.2 Å². The summed E-state index contributed by atoms with van der Waals surface area (Å²) in [5.74, 6) is -1.53. The minimum atomic E-state index is -1.18. The Morgan fingerprint density at radius 1 is 1.61 bits per heavy atom. The number of carboxylic acids is 1. The maximum Gasteiger partial charge on any atom is 0.356 e. The Hall–Kier alpha value is -1.47. The molecule has 0 aliphatic carbocycles. The van der Waals surface area contributed by atoms with Crippen molar-refractivity contribution < 1.29 is 19.8 Å². The number of rotatable bonds is 3. The van der Waals surface area contributed by atoms with Gasteiger partial charge in [0, 0.05) is 36.2 Å². The Balaban J connectivity index is 2.41. The molecule has 2 N–H and O–H groups in total. The first kappa shape index (κ1) is 13.0. The van der Waals surface area contributed by atoms with Gasteiger partial charge >= 0.3 is 5.97 Å². The van der Waals surface area contributed by atoms with Crippen LogP contribution < -0.4 is 4.90 Å². The first-order chi connectivity index (χ1) is 8.52. The number of aromatic carboxylic acids is 1. The highest BCUT2D eigenvalue weighted by Gasteiger charge is 2.32. The van der Waals surface area contributed by atoms with Crippen LogP contribution in [0.3, 0.4) is 0 Å². The first-order valence-corrected chi connectivity index (χ1v) is 6.12. The van der Waals surface area contributed by atoms with Crippen LogP contribution in [-0.2, 0) is 4.79 Å². The molecule has 1 amide bonds. The lowest BCUT2D eigenvalue weighted by atomic mass is 10.1. The predicted molar refractivity (Wildman–Crippen MR) is 66.4 cm³/mol. The lowest BCUT2D eigenvalue weighted by molar-refractivity contribution is -0.117. The summed E-state index contributed by atoms with van der Waals surface area (Å²) < 4.78 is 0.600. The van der Waals surface area contributed by atoms with E-state index in [1.165, 1.54) is 11.1 Å². The third kappa shape index (κ3) is 2.37. The number of nitrogens with zero attached hydrogens (tertiary/aromatic N) is 2. The summed E-state index contributed by atoms with van der Waals surface area (Å²) in [6.45, 7) is 0.222. The van der Waals surface area contributed by atoms with Gasteiger partial charge in [-0.25, -0.2) is 9.78 Å². The number of aromatic nitrogens is 1. The second kappa shape index (κ2) is 5.03. The second-order valence-electron chi connectivity index (χ2n) is 4.08. The lowest BCUT2D eigenvalue weighted by Crippen LogP contribution is -2.27. The van der Waals surface area contributed by atoms with E-state index in [1.807, 2.05) is 0 Å². The Kier molecular flexibility index (Phi) is 3.63. The van der Waals surface area contributed by atoms with E-state index in [1.54, 1.807) is 6.07 Å². The molecule has 2 rings (SSSR count). The van der Waals surface area contributed by atoms with Gasteiger partial charge < -0.3 is 15.1 Å². The topological polar surface area (TPSA) is 90.7 Å². The van der Waals surface area contributed by atoms with E-state index in [2.05, 4.69) is 20.9 Å². The molecule has 1 fully saturated rings. The van der Waals surface area contributed by atoms with Crippen molar-refractivity contribution >= 4 is 33.5 Å². The Morgan fingerprint density at radius 3 is 2.89 bits per heavy atom. The van der Waals surface area contributed by atoms with E-state index < -0.39 is 5.97 Å². The zero-order valence-electron chi connectivity index (χ0n) is 9.34. The molecule has 1 aliphatic rings. The number of amides is 1. The third-order valence-corrected chi connectivity index (χ3v) is 3.22. The molecule has 1 aliphatic heterocycles. The van der Waals surface area contributed by atoms with Crippen LogP contribution in [0.15, 0.2) is 16.7 Å². The van der Waals surface area contributed by atoms with Crippen molar-refractivity contribution in [2.24, 2.45) is 5.92 Å². The molecule has 0 radical (unpaired) electrons. The number of aliphatic hydroxyl groups is 1. The molecule has 7 heteroatoms. The summed E-state index contributed by atoms with van der Waals surface area (Å²) in [6.07, 6.45) is 1.60. The first-order valence-electron chi connectivity index (χ1n) is 5.33. The van der Waals surface area contributed by atoms with Crippen LogP contribution in [0.25, 0.3) is 0 Å². The fourth-order valence-corrected chi connectivity index (χ4v) is 2.26. The normalized spacial score (nSPS) is 19.3. The van der Waals surface area contributed by atoms with Gasteiger partial charge in [-0.15, -0.1) is 0 Å².